The third-order valence-corrected chi connectivity index (χ3v) is 6.41. The van der Waals surface area contributed by atoms with Crippen molar-refractivity contribution in [2.24, 2.45) is 0 Å². The predicted molar refractivity (Wildman–Crippen MR) is 136 cm³/mol. The van der Waals surface area contributed by atoms with Crippen LogP contribution in [0.4, 0.5) is 4.39 Å². The lowest BCUT2D eigenvalue weighted by atomic mass is 9.98. The molecule has 1 aliphatic rings. The summed E-state index contributed by atoms with van der Waals surface area (Å²) in [4.78, 5) is 40.7. The summed E-state index contributed by atoms with van der Waals surface area (Å²) in [5.41, 5.74) is 0.542. The zero-order valence-electron chi connectivity index (χ0n) is 20.9. The summed E-state index contributed by atoms with van der Waals surface area (Å²) in [6.07, 6.45) is -1.26. The van der Waals surface area contributed by atoms with Gasteiger partial charge in [0, 0.05) is 17.6 Å². The van der Waals surface area contributed by atoms with Gasteiger partial charge >= 0.3 is 0 Å². The molecule has 0 saturated carbocycles. The molecule has 0 unspecified atom stereocenters. The number of rotatable bonds is 7. The minimum atomic E-state index is -1.66. The lowest BCUT2D eigenvalue weighted by molar-refractivity contribution is -0.146. The molecule has 3 N–H and O–H groups in total. The Kier molecular flexibility index (Phi) is 8.74. The van der Waals surface area contributed by atoms with Crippen molar-refractivity contribution < 1.29 is 23.9 Å². The predicted octanol–water partition coefficient (Wildman–Crippen LogP) is 2.96. The van der Waals surface area contributed by atoms with Crippen molar-refractivity contribution in [1.29, 1.82) is 0 Å². The van der Waals surface area contributed by atoms with Crippen LogP contribution in [0.5, 0.6) is 0 Å². The molecule has 2 aromatic carbocycles. The average molecular weight is 518 g/mol. The first kappa shape index (κ1) is 27.6. The molecule has 9 heteroatoms. The average Bonchev–Trinajstić information content (AvgIpc) is 3.21. The number of carbonyl (C=O) groups is 3. The van der Waals surface area contributed by atoms with E-state index in [2.05, 4.69) is 10.6 Å². The number of alkyl halides is 1. The number of aliphatic hydroxyl groups is 1. The lowest BCUT2D eigenvalue weighted by Crippen LogP contribution is -2.57. The number of carbonyl (C=O) groups excluding carboxylic acids is 3. The Morgan fingerprint density at radius 3 is 2.44 bits per heavy atom. The molecule has 2 aromatic rings. The Labute approximate surface area is 216 Å². The van der Waals surface area contributed by atoms with Gasteiger partial charge < -0.3 is 20.6 Å². The number of hydrogen-bond donors (Lipinski definition) is 3. The standard InChI is InChI=1S/C27H33ClFN3O4/c1-16-19(11-8-12-20(16)29)24(34)30-21(13-17-9-6-5-7-10-17)23(33)26(36)32-15-18(28)14-22(32)25(35)31-27(2,3)4/h5-12,18,21-23,33H,13-15H2,1-4H3,(H,30,34)(H,31,35)/t18-,21-,22-,23-/m0/s1. The van der Waals surface area contributed by atoms with Crippen LogP contribution in [0.2, 0.25) is 0 Å². The number of aliphatic hydroxyl groups excluding tert-OH is 1. The normalized spacial score (nSPS) is 19.5. The first-order valence-corrected chi connectivity index (χ1v) is 12.4. The molecule has 4 atom stereocenters. The van der Waals surface area contributed by atoms with Crippen LogP contribution in [-0.2, 0) is 16.0 Å². The smallest absolute Gasteiger partial charge is 0.254 e. The highest BCUT2D eigenvalue weighted by Gasteiger charge is 2.43. The van der Waals surface area contributed by atoms with E-state index in [1.165, 1.54) is 30.0 Å². The van der Waals surface area contributed by atoms with E-state index in [4.69, 9.17) is 11.6 Å². The van der Waals surface area contributed by atoms with Gasteiger partial charge in [0.25, 0.3) is 11.8 Å². The number of nitrogens with zero attached hydrogens (tertiary/aromatic N) is 1. The van der Waals surface area contributed by atoms with Gasteiger partial charge in [0.15, 0.2) is 6.10 Å². The largest absolute Gasteiger partial charge is 0.381 e. The molecule has 0 radical (unpaired) electrons. The monoisotopic (exact) mass is 517 g/mol. The second-order valence-electron chi connectivity index (χ2n) is 10.2. The highest BCUT2D eigenvalue weighted by molar-refractivity contribution is 6.21. The number of halogens is 2. The first-order valence-electron chi connectivity index (χ1n) is 11.9. The summed E-state index contributed by atoms with van der Waals surface area (Å²) in [5, 5.41) is 16.3. The maximum absolute atomic E-state index is 14.0. The Bertz CT molecular complexity index is 1110. The van der Waals surface area contributed by atoms with Crippen LogP contribution in [0.3, 0.4) is 0 Å². The van der Waals surface area contributed by atoms with Gasteiger partial charge in [-0.2, -0.15) is 0 Å². The van der Waals surface area contributed by atoms with Crippen molar-refractivity contribution in [3.63, 3.8) is 0 Å². The van der Waals surface area contributed by atoms with Crippen LogP contribution in [0.25, 0.3) is 0 Å². The maximum Gasteiger partial charge on any atom is 0.254 e. The van der Waals surface area contributed by atoms with Gasteiger partial charge in [-0.1, -0.05) is 36.4 Å². The van der Waals surface area contributed by atoms with Crippen LogP contribution in [0, 0.1) is 12.7 Å². The molecule has 1 fully saturated rings. The molecule has 0 spiro atoms. The third-order valence-electron chi connectivity index (χ3n) is 6.10. The molecule has 0 aromatic heterocycles. The molecule has 1 heterocycles. The van der Waals surface area contributed by atoms with Crippen LogP contribution in [0.1, 0.15) is 48.7 Å². The lowest BCUT2D eigenvalue weighted by Gasteiger charge is -2.32. The Hall–Kier alpha value is -2.97. The van der Waals surface area contributed by atoms with Crippen LogP contribution >= 0.6 is 11.6 Å². The molecule has 36 heavy (non-hydrogen) atoms. The van der Waals surface area contributed by atoms with Crippen LogP contribution in [-0.4, -0.2) is 63.4 Å². The van der Waals surface area contributed by atoms with E-state index < -0.39 is 46.7 Å². The molecule has 0 bridgehead atoms. The maximum atomic E-state index is 14.0. The number of amides is 3. The quantitative estimate of drug-likeness (QED) is 0.492. The molecule has 1 saturated heterocycles. The van der Waals surface area contributed by atoms with E-state index in [1.807, 2.05) is 51.1 Å². The zero-order chi connectivity index (χ0) is 26.6. The molecule has 1 aliphatic heterocycles. The summed E-state index contributed by atoms with van der Waals surface area (Å²) in [5.74, 6) is -2.20. The van der Waals surface area contributed by atoms with Crippen LogP contribution in [0.15, 0.2) is 48.5 Å². The molecule has 194 valence electrons. The molecule has 3 rings (SSSR count). The van der Waals surface area contributed by atoms with Gasteiger partial charge in [-0.3, -0.25) is 14.4 Å². The van der Waals surface area contributed by atoms with E-state index in [1.54, 1.807) is 0 Å². The van der Waals surface area contributed by atoms with Crippen molar-refractivity contribution in [1.82, 2.24) is 15.5 Å². The second kappa shape index (κ2) is 11.4. The van der Waals surface area contributed by atoms with Gasteiger partial charge in [0.1, 0.15) is 11.9 Å². The van der Waals surface area contributed by atoms with E-state index >= 15 is 0 Å². The topological polar surface area (TPSA) is 98.7 Å². The Balaban J connectivity index is 1.86. The zero-order valence-corrected chi connectivity index (χ0v) is 21.7. The number of hydrogen-bond acceptors (Lipinski definition) is 4. The number of nitrogens with one attached hydrogen (secondary N) is 2. The van der Waals surface area contributed by atoms with E-state index in [-0.39, 0.29) is 36.4 Å². The Morgan fingerprint density at radius 2 is 1.81 bits per heavy atom. The van der Waals surface area contributed by atoms with E-state index in [0.717, 1.165) is 5.56 Å². The minimum absolute atomic E-state index is 0.0920. The van der Waals surface area contributed by atoms with Crippen molar-refractivity contribution in [3.05, 3.63) is 71.0 Å². The summed E-state index contributed by atoms with van der Waals surface area (Å²) in [7, 11) is 0. The second-order valence-corrected chi connectivity index (χ2v) is 10.8. The van der Waals surface area contributed by atoms with Crippen molar-refractivity contribution >= 4 is 29.3 Å². The Morgan fingerprint density at radius 1 is 1.14 bits per heavy atom. The van der Waals surface area contributed by atoms with Gasteiger partial charge in [0.2, 0.25) is 5.91 Å². The van der Waals surface area contributed by atoms with Gasteiger partial charge in [0.05, 0.1) is 11.4 Å². The fourth-order valence-electron chi connectivity index (χ4n) is 4.28. The highest BCUT2D eigenvalue weighted by Crippen LogP contribution is 2.25. The minimum Gasteiger partial charge on any atom is -0.381 e. The van der Waals surface area contributed by atoms with Gasteiger partial charge in [-0.05, 0) is 63.8 Å². The fraction of sp³-hybridized carbons (Fsp3) is 0.444. The molecule has 3 amide bonds. The number of benzene rings is 2. The van der Waals surface area contributed by atoms with Gasteiger partial charge in [-0.15, -0.1) is 11.6 Å². The molecule has 0 aliphatic carbocycles. The molecular weight excluding hydrogens is 485 g/mol. The van der Waals surface area contributed by atoms with Crippen molar-refractivity contribution in [3.8, 4) is 0 Å². The molecule has 7 nitrogen and oxygen atoms in total. The highest BCUT2D eigenvalue weighted by atomic mass is 35.5. The summed E-state index contributed by atoms with van der Waals surface area (Å²) >= 11 is 6.31. The first-order chi connectivity index (χ1) is 16.9. The van der Waals surface area contributed by atoms with E-state index in [0.29, 0.717) is 0 Å². The van der Waals surface area contributed by atoms with E-state index in [9.17, 15) is 23.9 Å². The van der Waals surface area contributed by atoms with Gasteiger partial charge in [-0.25, -0.2) is 4.39 Å². The molecular formula is C27H33ClFN3O4. The summed E-state index contributed by atoms with van der Waals surface area (Å²) in [6.45, 7) is 7.08. The summed E-state index contributed by atoms with van der Waals surface area (Å²) < 4.78 is 14.0. The van der Waals surface area contributed by atoms with Crippen LogP contribution < -0.4 is 10.6 Å². The SMILES string of the molecule is Cc1c(F)cccc1C(=O)N[C@@H](Cc1ccccc1)[C@H](O)C(=O)N1C[C@@H](Cl)C[C@H]1C(=O)NC(C)(C)C. The number of likely N-dealkylation sites (tertiary alicyclic amines) is 1. The van der Waals surface area contributed by atoms with Crippen molar-refractivity contribution in [2.75, 3.05) is 6.54 Å². The summed E-state index contributed by atoms with van der Waals surface area (Å²) in [6, 6.07) is 11.4. The fourth-order valence-corrected chi connectivity index (χ4v) is 4.60. The third kappa shape index (κ3) is 6.83. The van der Waals surface area contributed by atoms with Crippen molar-refractivity contribution in [2.45, 2.75) is 69.6 Å².